The topological polar surface area (TPSA) is 18.5 Å². The standard InChI is InChI=1S/C10H23N3S/c1-12-6-8-13(9-7-12)5-3-11-4-10-14-2/h11H,3-10H2,1-2H3. The smallest absolute Gasteiger partial charge is 0.0110 e. The van der Waals surface area contributed by atoms with Crippen LogP contribution in [-0.2, 0) is 0 Å². The number of hydrogen-bond donors (Lipinski definition) is 1. The molecule has 0 atom stereocenters. The molecule has 0 saturated carbocycles. The van der Waals surface area contributed by atoms with Crippen LogP contribution in [0.25, 0.3) is 0 Å². The van der Waals surface area contributed by atoms with Crippen molar-refractivity contribution < 1.29 is 0 Å². The first-order valence-electron chi connectivity index (χ1n) is 5.43. The molecular weight excluding hydrogens is 194 g/mol. The third kappa shape index (κ3) is 5.20. The van der Waals surface area contributed by atoms with Gasteiger partial charge in [-0.05, 0) is 13.3 Å². The Labute approximate surface area is 92.2 Å². The molecule has 0 amide bonds. The minimum Gasteiger partial charge on any atom is -0.315 e. The molecule has 4 heteroatoms. The summed E-state index contributed by atoms with van der Waals surface area (Å²) in [6, 6.07) is 0. The maximum atomic E-state index is 3.47. The Morgan fingerprint density at radius 3 is 2.50 bits per heavy atom. The van der Waals surface area contributed by atoms with Crippen molar-refractivity contribution in [1.82, 2.24) is 15.1 Å². The van der Waals surface area contributed by atoms with Gasteiger partial charge in [0.15, 0.2) is 0 Å². The first-order valence-corrected chi connectivity index (χ1v) is 6.83. The first kappa shape index (κ1) is 12.3. The van der Waals surface area contributed by atoms with E-state index in [9.17, 15) is 0 Å². The molecule has 1 aliphatic heterocycles. The number of hydrogen-bond acceptors (Lipinski definition) is 4. The van der Waals surface area contributed by atoms with Crippen molar-refractivity contribution in [2.75, 3.05) is 64.9 Å². The van der Waals surface area contributed by atoms with Crippen molar-refractivity contribution in [3.63, 3.8) is 0 Å². The molecule has 1 fully saturated rings. The lowest BCUT2D eigenvalue weighted by molar-refractivity contribution is 0.155. The maximum absolute atomic E-state index is 3.47. The van der Waals surface area contributed by atoms with Gasteiger partial charge in [0.1, 0.15) is 0 Å². The highest BCUT2D eigenvalue weighted by Gasteiger charge is 2.12. The van der Waals surface area contributed by atoms with Gasteiger partial charge in [-0.3, -0.25) is 4.90 Å². The molecule has 0 unspecified atom stereocenters. The molecule has 1 aliphatic rings. The predicted molar refractivity (Wildman–Crippen MR) is 65.2 cm³/mol. The number of nitrogens with one attached hydrogen (secondary N) is 1. The van der Waals surface area contributed by atoms with E-state index in [1.807, 2.05) is 11.8 Å². The Hall–Kier alpha value is 0.230. The molecule has 84 valence electrons. The Kier molecular flexibility index (Phi) is 6.60. The second-order valence-corrected chi connectivity index (χ2v) is 4.87. The van der Waals surface area contributed by atoms with Gasteiger partial charge in [0, 0.05) is 51.6 Å². The summed E-state index contributed by atoms with van der Waals surface area (Å²) in [5, 5.41) is 3.47. The van der Waals surface area contributed by atoms with Crippen molar-refractivity contribution in [3.8, 4) is 0 Å². The van der Waals surface area contributed by atoms with Crippen molar-refractivity contribution in [2.45, 2.75) is 0 Å². The summed E-state index contributed by atoms with van der Waals surface area (Å²) in [7, 11) is 2.20. The lowest BCUT2D eigenvalue weighted by atomic mass is 10.3. The van der Waals surface area contributed by atoms with E-state index in [1.54, 1.807) is 0 Å². The summed E-state index contributed by atoms with van der Waals surface area (Å²) >= 11 is 1.91. The molecule has 0 radical (unpaired) electrons. The van der Waals surface area contributed by atoms with Gasteiger partial charge in [0.05, 0.1) is 0 Å². The van der Waals surface area contributed by atoms with Gasteiger partial charge in [0.2, 0.25) is 0 Å². The summed E-state index contributed by atoms with van der Waals surface area (Å²) in [5.41, 5.74) is 0. The summed E-state index contributed by atoms with van der Waals surface area (Å²) in [4.78, 5) is 4.95. The van der Waals surface area contributed by atoms with E-state index in [0.717, 1.165) is 13.1 Å². The van der Waals surface area contributed by atoms with Crippen molar-refractivity contribution >= 4 is 11.8 Å². The number of nitrogens with zero attached hydrogens (tertiary/aromatic N) is 2. The lowest BCUT2D eigenvalue weighted by Crippen LogP contribution is -2.46. The maximum Gasteiger partial charge on any atom is 0.0110 e. The van der Waals surface area contributed by atoms with Gasteiger partial charge in [-0.15, -0.1) is 0 Å². The zero-order valence-corrected chi connectivity index (χ0v) is 10.3. The third-order valence-corrected chi connectivity index (χ3v) is 3.30. The van der Waals surface area contributed by atoms with Gasteiger partial charge >= 0.3 is 0 Å². The van der Waals surface area contributed by atoms with Crippen molar-refractivity contribution in [2.24, 2.45) is 0 Å². The van der Waals surface area contributed by atoms with Crippen molar-refractivity contribution in [1.29, 1.82) is 0 Å². The van der Waals surface area contributed by atoms with Crippen LogP contribution in [0.3, 0.4) is 0 Å². The molecule has 0 aliphatic carbocycles. The minimum atomic E-state index is 1.14. The molecule has 0 spiro atoms. The van der Waals surface area contributed by atoms with Gasteiger partial charge < -0.3 is 10.2 Å². The second kappa shape index (κ2) is 7.51. The number of rotatable bonds is 6. The SMILES string of the molecule is CSCCNCCN1CCN(C)CC1. The van der Waals surface area contributed by atoms with Crippen LogP contribution in [0, 0.1) is 0 Å². The van der Waals surface area contributed by atoms with E-state index in [0.29, 0.717) is 0 Å². The molecule has 0 aromatic carbocycles. The molecule has 1 heterocycles. The van der Waals surface area contributed by atoms with E-state index in [1.165, 1.54) is 38.5 Å². The Morgan fingerprint density at radius 2 is 1.86 bits per heavy atom. The number of thioether (sulfide) groups is 1. The van der Waals surface area contributed by atoms with Crippen LogP contribution in [0.5, 0.6) is 0 Å². The van der Waals surface area contributed by atoms with Crippen LogP contribution in [0.1, 0.15) is 0 Å². The summed E-state index contributed by atoms with van der Waals surface area (Å²) in [6.45, 7) is 8.43. The highest BCUT2D eigenvalue weighted by atomic mass is 32.2. The minimum absolute atomic E-state index is 1.14. The van der Waals surface area contributed by atoms with Crippen LogP contribution < -0.4 is 5.32 Å². The summed E-state index contributed by atoms with van der Waals surface area (Å²) in [5.74, 6) is 1.22. The first-order chi connectivity index (χ1) is 6.83. The van der Waals surface area contributed by atoms with Gasteiger partial charge in [-0.2, -0.15) is 11.8 Å². The summed E-state index contributed by atoms with van der Waals surface area (Å²) in [6.07, 6.45) is 2.15. The van der Waals surface area contributed by atoms with Gasteiger partial charge in [-0.1, -0.05) is 0 Å². The largest absolute Gasteiger partial charge is 0.315 e. The Morgan fingerprint density at radius 1 is 1.14 bits per heavy atom. The monoisotopic (exact) mass is 217 g/mol. The normalized spacial score (nSPS) is 20.1. The highest BCUT2D eigenvalue weighted by molar-refractivity contribution is 7.98. The molecule has 0 bridgehead atoms. The van der Waals surface area contributed by atoms with E-state index in [2.05, 4.69) is 28.4 Å². The molecule has 1 saturated heterocycles. The number of likely N-dealkylation sites (N-methyl/N-ethyl adjacent to an activating group) is 1. The van der Waals surface area contributed by atoms with Gasteiger partial charge in [-0.25, -0.2) is 0 Å². The van der Waals surface area contributed by atoms with E-state index < -0.39 is 0 Å². The van der Waals surface area contributed by atoms with E-state index >= 15 is 0 Å². The quantitative estimate of drug-likeness (QED) is 0.640. The summed E-state index contributed by atoms with van der Waals surface area (Å²) < 4.78 is 0. The van der Waals surface area contributed by atoms with Gasteiger partial charge in [0.25, 0.3) is 0 Å². The van der Waals surface area contributed by atoms with Crippen LogP contribution in [0.2, 0.25) is 0 Å². The van der Waals surface area contributed by atoms with Crippen LogP contribution in [-0.4, -0.2) is 74.7 Å². The van der Waals surface area contributed by atoms with Crippen LogP contribution >= 0.6 is 11.8 Å². The van der Waals surface area contributed by atoms with Crippen LogP contribution in [0.4, 0.5) is 0 Å². The Balaban J connectivity index is 1.91. The second-order valence-electron chi connectivity index (χ2n) is 3.89. The fraction of sp³-hybridized carbons (Fsp3) is 1.00. The highest BCUT2D eigenvalue weighted by Crippen LogP contribution is 1.97. The zero-order valence-electron chi connectivity index (χ0n) is 9.46. The molecule has 1 N–H and O–H groups in total. The predicted octanol–water partition coefficient (Wildman–Crippen LogP) is 0.186. The molecule has 0 aromatic heterocycles. The molecule has 0 aromatic rings. The fourth-order valence-corrected chi connectivity index (χ4v) is 1.96. The molecule has 14 heavy (non-hydrogen) atoms. The third-order valence-electron chi connectivity index (χ3n) is 2.68. The van der Waals surface area contributed by atoms with E-state index in [4.69, 9.17) is 0 Å². The van der Waals surface area contributed by atoms with Crippen molar-refractivity contribution in [3.05, 3.63) is 0 Å². The molecule has 3 nitrogen and oxygen atoms in total. The average molecular weight is 217 g/mol. The fourth-order valence-electron chi connectivity index (χ4n) is 1.61. The average Bonchev–Trinajstić information content (AvgIpc) is 2.21. The number of piperazine rings is 1. The molecular formula is C10H23N3S. The zero-order chi connectivity index (χ0) is 10.2. The Bertz CT molecular complexity index is 135. The van der Waals surface area contributed by atoms with E-state index in [-0.39, 0.29) is 0 Å². The lowest BCUT2D eigenvalue weighted by Gasteiger charge is -2.32. The molecule has 1 rings (SSSR count). The van der Waals surface area contributed by atoms with Crippen LogP contribution in [0.15, 0.2) is 0 Å².